The summed E-state index contributed by atoms with van der Waals surface area (Å²) in [4.78, 5) is 14.6. The van der Waals surface area contributed by atoms with Gasteiger partial charge < -0.3 is 11.1 Å². The number of carbonyl (C=O) groups excluding carboxylic acids is 1. The van der Waals surface area contributed by atoms with Gasteiger partial charge in [-0.05, 0) is 25.5 Å². The summed E-state index contributed by atoms with van der Waals surface area (Å²) < 4.78 is 1.61. The standard InChI is InChI=1S/C13H18N4OS/c1-3-9-5-6-10(19-9)7-15-13(18)12-11(14)8-16-17(12)4-2/h5-6,8H,3-4,7,14H2,1-2H3,(H,15,18). The van der Waals surface area contributed by atoms with Crippen molar-refractivity contribution < 1.29 is 4.79 Å². The van der Waals surface area contributed by atoms with Gasteiger partial charge in [0.05, 0.1) is 18.4 Å². The Bertz CT molecular complexity index is 573. The molecule has 0 aliphatic rings. The normalized spacial score (nSPS) is 10.6. The molecule has 19 heavy (non-hydrogen) atoms. The van der Waals surface area contributed by atoms with Gasteiger partial charge in [-0.3, -0.25) is 9.48 Å². The number of aromatic nitrogens is 2. The quantitative estimate of drug-likeness (QED) is 0.879. The molecule has 2 aromatic rings. The van der Waals surface area contributed by atoms with Crippen molar-refractivity contribution in [1.29, 1.82) is 0 Å². The molecule has 0 aliphatic heterocycles. The molecule has 6 heteroatoms. The predicted octanol–water partition coefficient (Wildman–Crippen LogP) is 2.04. The van der Waals surface area contributed by atoms with Crippen LogP contribution in [0.2, 0.25) is 0 Å². The molecule has 2 aromatic heterocycles. The van der Waals surface area contributed by atoms with E-state index in [9.17, 15) is 4.79 Å². The van der Waals surface area contributed by atoms with Crippen molar-refractivity contribution in [3.05, 3.63) is 33.8 Å². The van der Waals surface area contributed by atoms with Gasteiger partial charge in [0.25, 0.3) is 5.91 Å². The van der Waals surface area contributed by atoms with E-state index in [-0.39, 0.29) is 5.91 Å². The van der Waals surface area contributed by atoms with E-state index in [4.69, 9.17) is 5.73 Å². The van der Waals surface area contributed by atoms with Crippen LogP contribution in [0.25, 0.3) is 0 Å². The molecule has 0 radical (unpaired) electrons. The molecule has 0 bridgehead atoms. The van der Waals surface area contributed by atoms with Crippen molar-refractivity contribution >= 4 is 22.9 Å². The van der Waals surface area contributed by atoms with E-state index in [0.29, 0.717) is 24.5 Å². The van der Waals surface area contributed by atoms with Crippen LogP contribution in [-0.4, -0.2) is 15.7 Å². The van der Waals surface area contributed by atoms with E-state index >= 15 is 0 Å². The largest absolute Gasteiger partial charge is 0.396 e. The van der Waals surface area contributed by atoms with Crippen LogP contribution in [0.5, 0.6) is 0 Å². The Kier molecular flexibility index (Phi) is 4.21. The highest BCUT2D eigenvalue weighted by atomic mass is 32.1. The van der Waals surface area contributed by atoms with Gasteiger partial charge >= 0.3 is 0 Å². The van der Waals surface area contributed by atoms with Gasteiger partial charge in [0.2, 0.25) is 0 Å². The van der Waals surface area contributed by atoms with Gasteiger partial charge in [0.15, 0.2) is 0 Å². The Labute approximate surface area is 116 Å². The zero-order valence-corrected chi connectivity index (χ0v) is 12.0. The molecular weight excluding hydrogens is 260 g/mol. The first-order chi connectivity index (χ1) is 9.15. The van der Waals surface area contributed by atoms with E-state index in [0.717, 1.165) is 11.3 Å². The fourth-order valence-electron chi connectivity index (χ4n) is 1.85. The topological polar surface area (TPSA) is 72.9 Å². The molecule has 2 rings (SSSR count). The number of nitrogen functional groups attached to an aromatic ring is 1. The lowest BCUT2D eigenvalue weighted by Gasteiger charge is -2.06. The number of carbonyl (C=O) groups is 1. The number of anilines is 1. The van der Waals surface area contributed by atoms with Crippen LogP contribution in [0.4, 0.5) is 5.69 Å². The maximum Gasteiger partial charge on any atom is 0.271 e. The number of hydrogen-bond acceptors (Lipinski definition) is 4. The van der Waals surface area contributed by atoms with Gasteiger partial charge in [0.1, 0.15) is 5.69 Å². The summed E-state index contributed by atoms with van der Waals surface area (Å²) in [6, 6.07) is 4.14. The lowest BCUT2D eigenvalue weighted by Crippen LogP contribution is -2.26. The SMILES string of the molecule is CCc1ccc(CNC(=O)c2c(N)cnn2CC)s1. The third-order valence-corrected chi connectivity index (χ3v) is 4.10. The second kappa shape index (κ2) is 5.88. The molecule has 102 valence electrons. The van der Waals surface area contributed by atoms with Crippen LogP contribution in [0.3, 0.4) is 0 Å². The molecule has 1 amide bonds. The summed E-state index contributed by atoms with van der Waals surface area (Å²) in [7, 11) is 0. The maximum absolute atomic E-state index is 12.1. The van der Waals surface area contributed by atoms with Crippen molar-refractivity contribution in [3.63, 3.8) is 0 Å². The fourth-order valence-corrected chi connectivity index (χ4v) is 2.74. The van der Waals surface area contributed by atoms with Gasteiger partial charge in [-0.1, -0.05) is 6.92 Å². The van der Waals surface area contributed by atoms with E-state index < -0.39 is 0 Å². The number of rotatable bonds is 5. The van der Waals surface area contributed by atoms with E-state index in [1.54, 1.807) is 16.0 Å². The minimum atomic E-state index is -0.178. The number of nitrogens with zero attached hydrogens (tertiary/aromatic N) is 2. The van der Waals surface area contributed by atoms with Crippen molar-refractivity contribution in [1.82, 2.24) is 15.1 Å². The van der Waals surface area contributed by atoms with Gasteiger partial charge in [-0.25, -0.2) is 0 Å². The lowest BCUT2D eigenvalue weighted by atomic mass is 10.3. The second-order valence-corrected chi connectivity index (χ2v) is 5.42. The zero-order valence-electron chi connectivity index (χ0n) is 11.1. The summed E-state index contributed by atoms with van der Waals surface area (Å²) >= 11 is 1.72. The van der Waals surface area contributed by atoms with Crippen LogP contribution < -0.4 is 11.1 Å². The minimum Gasteiger partial charge on any atom is -0.396 e. The Balaban J connectivity index is 2.03. The molecule has 0 aromatic carbocycles. The first kappa shape index (κ1) is 13.6. The van der Waals surface area contributed by atoms with Crippen LogP contribution >= 0.6 is 11.3 Å². The molecule has 0 saturated heterocycles. The van der Waals surface area contributed by atoms with Crippen molar-refractivity contribution in [2.75, 3.05) is 5.73 Å². The Hall–Kier alpha value is -1.82. The van der Waals surface area contributed by atoms with E-state index in [1.165, 1.54) is 11.1 Å². The average molecular weight is 278 g/mol. The summed E-state index contributed by atoms with van der Waals surface area (Å²) in [5, 5.41) is 6.95. The molecule has 5 nitrogen and oxygen atoms in total. The molecule has 0 unspecified atom stereocenters. The Morgan fingerprint density at radius 1 is 1.42 bits per heavy atom. The van der Waals surface area contributed by atoms with Crippen LogP contribution in [-0.2, 0) is 19.5 Å². The monoisotopic (exact) mass is 278 g/mol. The highest BCUT2D eigenvalue weighted by Gasteiger charge is 2.15. The minimum absolute atomic E-state index is 0.178. The second-order valence-electron chi connectivity index (χ2n) is 4.17. The zero-order chi connectivity index (χ0) is 13.8. The van der Waals surface area contributed by atoms with Crippen molar-refractivity contribution in [2.45, 2.75) is 33.4 Å². The summed E-state index contributed by atoms with van der Waals surface area (Å²) in [6.45, 7) is 5.20. The first-order valence-corrected chi connectivity index (χ1v) is 7.14. The molecule has 0 atom stereocenters. The third kappa shape index (κ3) is 2.96. The molecule has 0 fully saturated rings. The number of aryl methyl sites for hydroxylation is 2. The van der Waals surface area contributed by atoms with Crippen LogP contribution in [0, 0.1) is 0 Å². The number of nitrogens with one attached hydrogen (secondary N) is 1. The molecule has 3 N–H and O–H groups in total. The highest BCUT2D eigenvalue weighted by Crippen LogP contribution is 2.17. The number of thiophene rings is 1. The summed E-state index contributed by atoms with van der Waals surface area (Å²) in [5.74, 6) is -0.178. The van der Waals surface area contributed by atoms with Crippen molar-refractivity contribution in [2.24, 2.45) is 0 Å². The number of hydrogen-bond donors (Lipinski definition) is 2. The summed E-state index contributed by atoms with van der Waals surface area (Å²) in [5.41, 5.74) is 6.63. The smallest absolute Gasteiger partial charge is 0.271 e. The molecular formula is C13H18N4OS. The van der Waals surface area contributed by atoms with Crippen LogP contribution in [0.1, 0.15) is 34.1 Å². The van der Waals surface area contributed by atoms with Gasteiger partial charge in [0, 0.05) is 16.3 Å². The number of amides is 1. The third-order valence-electron chi connectivity index (χ3n) is 2.87. The average Bonchev–Trinajstić information content (AvgIpc) is 3.02. The molecule has 0 saturated carbocycles. The van der Waals surface area contributed by atoms with Crippen LogP contribution in [0.15, 0.2) is 18.3 Å². The Morgan fingerprint density at radius 2 is 2.16 bits per heavy atom. The lowest BCUT2D eigenvalue weighted by molar-refractivity contribution is 0.0941. The van der Waals surface area contributed by atoms with E-state index in [1.807, 2.05) is 13.0 Å². The molecule has 0 aliphatic carbocycles. The predicted molar refractivity (Wildman–Crippen MR) is 77.2 cm³/mol. The molecule has 0 spiro atoms. The first-order valence-electron chi connectivity index (χ1n) is 6.32. The molecule has 2 heterocycles. The van der Waals surface area contributed by atoms with E-state index in [2.05, 4.69) is 23.4 Å². The van der Waals surface area contributed by atoms with Crippen molar-refractivity contribution in [3.8, 4) is 0 Å². The maximum atomic E-state index is 12.1. The number of nitrogens with two attached hydrogens (primary N) is 1. The Morgan fingerprint density at radius 3 is 2.79 bits per heavy atom. The fraction of sp³-hybridized carbons (Fsp3) is 0.385. The summed E-state index contributed by atoms with van der Waals surface area (Å²) in [6.07, 6.45) is 2.53. The highest BCUT2D eigenvalue weighted by molar-refractivity contribution is 7.11. The van der Waals surface area contributed by atoms with Gasteiger partial charge in [-0.15, -0.1) is 11.3 Å². The van der Waals surface area contributed by atoms with Gasteiger partial charge in [-0.2, -0.15) is 5.10 Å².